The lowest BCUT2D eigenvalue weighted by molar-refractivity contribution is -0.149. The van der Waals surface area contributed by atoms with Crippen molar-refractivity contribution in [3.05, 3.63) is 100 Å². The number of rotatable bonds is 8. The number of amides is 1. The van der Waals surface area contributed by atoms with Gasteiger partial charge in [-0.1, -0.05) is 30.3 Å². The lowest BCUT2D eigenvalue weighted by Crippen LogP contribution is -2.48. The van der Waals surface area contributed by atoms with Crippen molar-refractivity contribution in [2.24, 2.45) is 0 Å². The molecule has 0 unspecified atom stereocenters. The maximum atomic E-state index is 13.9. The molecule has 260 valence electrons. The third kappa shape index (κ3) is 6.62. The summed E-state index contributed by atoms with van der Waals surface area (Å²) in [4.78, 5) is 27.4. The Bertz CT molecular complexity index is 1930. The van der Waals surface area contributed by atoms with Gasteiger partial charge in [0.05, 0.1) is 42.3 Å². The van der Waals surface area contributed by atoms with E-state index >= 15 is 0 Å². The van der Waals surface area contributed by atoms with Gasteiger partial charge < -0.3 is 25.0 Å². The van der Waals surface area contributed by atoms with Crippen LogP contribution in [0.5, 0.6) is 5.75 Å². The molecule has 1 saturated heterocycles. The van der Waals surface area contributed by atoms with E-state index in [1.807, 2.05) is 60.8 Å². The van der Waals surface area contributed by atoms with Crippen LogP contribution in [0.15, 0.2) is 66.9 Å². The second kappa shape index (κ2) is 13.2. The number of aromatic nitrogens is 2. The Balaban J connectivity index is 1.01. The number of aliphatic hydroxyl groups excluding tert-OH is 1. The Morgan fingerprint density at radius 1 is 0.940 bits per heavy atom. The van der Waals surface area contributed by atoms with Gasteiger partial charge in [-0.3, -0.25) is 19.6 Å². The van der Waals surface area contributed by atoms with Crippen LogP contribution in [0.3, 0.4) is 0 Å². The summed E-state index contributed by atoms with van der Waals surface area (Å²) in [6.07, 6.45) is 2.08. The van der Waals surface area contributed by atoms with Crippen LogP contribution in [0.2, 0.25) is 0 Å². The number of nitrogens with zero attached hydrogens (tertiary/aromatic N) is 4. The summed E-state index contributed by atoms with van der Waals surface area (Å²) < 4.78 is 44.4. The molecule has 5 heterocycles. The number of piperazine rings is 1. The first-order valence-electron chi connectivity index (χ1n) is 17.2. The van der Waals surface area contributed by atoms with Crippen LogP contribution >= 0.6 is 0 Å². The molecule has 0 bridgehead atoms. The zero-order valence-corrected chi connectivity index (χ0v) is 27.6. The number of carbonyl (C=O) groups is 1. The Kier molecular flexibility index (Phi) is 8.62. The van der Waals surface area contributed by atoms with E-state index in [1.54, 1.807) is 4.90 Å². The number of aliphatic hydroxyl groups is 1. The molecule has 2 aromatic heterocycles. The molecular weight excluding hydrogens is 645 g/mol. The van der Waals surface area contributed by atoms with Gasteiger partial charge in [0.2, 0.25) is 0 Å². The molecule has 1 saturated carbocycles. The number of halogens is 3. The summed E-state index contributed by atoms with van der Waals surface area (Å²) in [5.41, 5.74) is 8.38. The third-order valence-electron chi connectivity index (χ3n) is 10.1. The van der Waals surface area contributed by atoms with Crippen LogP contribution in [0, 0.1) is 0 Å². The molecule has 2 fully saturated rings. The van der Waals surface area contributed by atoms with Crippen molar-refractivity contribution < 1.29 is 27.8 Å². The molecule has 0 spiro atoms. The second-order valence-corrected chi connectivity index (χ2v) is 13.5. The van der Waals surface area contributed by atoms with Crippen LogP contribution in [0.25, 0.3) is 17.0 Å². The number of carbonyl (C=O) groups excluding carboxylic acids is 1. The number of fused-ring (bicyclic) bond motifs is 2. The monoisotopic (exact) mass is 684 g/mol. The molecule has 4 aromatic rings. The molecule has 3 N–H and O–H groups in total. The average Bonchev–Trinajstić information content (AvgIpc) is 3.90. The molecule has 0 radical (unpaired) electrons. The number of pyridine rings is 1. The minimum Gasteiger partial charge on any atom is -0.491 e. The predicted molar refractivity (Wildman–Crippen MR) is 185 cm³/mol. The van der Waals surface area contributed by atoms with Crippen molar-refractivity contribution in [3.8, 4) is 17.1 Å². The van der Waals surface area contributed by atoms with Crippen LogP contribution < -0.4 is 15.0 Å². The number of hydrogen-bond acceptors (Lipinski definition) is 7. The minimum atomic E-state index is -4.17. The van der Waals surface area contributed by atoms with Gasteiger partial charge in [-0.25, -0.2) is 0 Å². The van der Waals surface area contributed by atoms with Crippen molar-refractivity contribution in [1.82, 2.24) is 19.8 Å². The fourth-order valence-electron chi connectivity index (χ4n) is 7.33. The molecule has 4 aliphatic rings. The normalized spacial score (nSPS) is 18.5. The fraction of sp³-hybridized carbons (Fsp3) is 0.368. The largest absolute Gasteiger partial charge is 0.491 e. The van der Waals surface area contributed by atoms with E-state index < -0.39 is 12.7 Å². The number of benzene rings is 2. The lowest BCUT2D eigenvalue weighted by Gasteiger charge is -2.34. The molecule has 9 nitrogen and oxygen atoms in total. The third-order valence-corrected chi connectivity index (χ3v) is 10.1. The van der Waals surface area contributed by atoms with Crippen molar-refractivity contribution in [2.75, 3.05) is 62.6 Å². The van der Waals surface area contributed by atoms with E-state index in [0.717, 1.165) is 39.5 Å². The van der Waals surface area contributed by atoms with Crippen molar-refractivity contribution >= 4 is 23.0 Å². The SMILES string of the molecule is O=C1c2ccc(C3CC3)cc2OCCN1c1cccc(C2=CCNc3[nH]c(-c4ccc(CN5CCN(CC(F)(F)F)CC5)cn4)cc32)c1CO. The highest BCUT2D eigenvalue weighted by molar-refractivity contribution is 6.09. The number of nitrogens with one attached hydrogen (secondary N) is 2. The highest BCUT2D eigenvalue weighted by Gasteiger charge is 2.33. The molecule has 8 rings (SSSR count). The number of anilines is 2. The van der Waals surface area contributed by atoms with Crippen LogP contribution in [0.1, 0.15) is 56.9 Å². The topological polar surface area (TPSA) is 97.0 Å². The summed E-state index contributed by atoms with van der Waals surface area (Å²) >= 11 is 0. The summed E-state index contributed by atoms with van der Waals surface area (Å²) in [5.74, 6) is 1.88. The van der Waals surface area contributed by atoms with E-state index in [2.05, 4.69) is 21.3 Å². The summed E-state index contributed by atoms with van der Waals surface area (Å²) in [6, 6.07) is 17.7. The molecule has 0 atom stereocenters. The van der Waals surface area contributed by atoms with Gasteiger partial charge in [-0.05, 0) is 71.4 Å². The van der Waals surface area contributed by atoms with Crippen molar-refractivity contribution in [3.63, 3.8) is 0 Å². The number of aromatic amines is 1. The summed E-state index contributed by atoms with van der Waals surface area (Å²) in [6.45, 7) is 2.74. The Morgan fingerprint density at radius 2 is 1.76 bits per heavy atom. The van der Waals surface area contributed by atoms with E-state index in [1.165, 1.54) is 23.3 Å². The highest BCUT2D eigenvalue weighted by atomic mass is 19.4. The first kappa shape index (κ1) is 32.5. The molecule has 1 aliphatic carbocycles. The van der Waals surface area contributed by atoms with Crippen molar-refractivity contribution in [2.45, 2.75) is 38.1 Å². The molecule has 3 aliphatic heterocycles. The zero-order chi connectivity index (χ0) is 34.4. The number of hydrogen-bond donors (Lipinski definition) is 3. The van der Waals surface area contributed by atoms with Gasteiger partial charge in [-0.2, -0.15) is 13.2 Å². The molecular formula is C38H39F3N6O3. The smallest absolute Gasteiger partial charge is 0.401 e. The van der Waals surface area contributed by atoms with Gasteiger partial charge in [0.25, 0.3) is 5.91 Å². The average molecular weight is 685 g/mol. The molecule has 2 aromatic carbocycles. The zero-order valence-electron chi connectivity index (χ0n) is 27.6. The van der Waals surface area contributed by atoms with Gasteiger partial charge in [0.1, 0.15) is 18.2 Å². The number of H-pyrrole nitrogens is 1. The van der Waals surface area contributed by atoms with Gasteiger partial charge in [-0.15, -0.1) is 0 Å². The van der Waals surface area contributed by atoms with Gasteiger partial charge in [0, 0.05) is 56.6 Å². The maximum Gasteiger partial charge on any atom is 0.401 e. The Hall–Kier alpha value is -4.65. The molecule has 12 heteroatoms. The van der Waals surface area contributed by atoms with Crippen LogP contribution in [-0.4, -0.2) is 89.4 Å². The van der Waals surface area contributed by atoms with E-state index in [-0.39, 0.29) is 12.5 Å². The first-order chi connectivity index (χ1) is 24.2. The predicted octanol–water partition coefficient (Wildman–Crippen LogP) is 6.02. The number of ether oxygens (including phenoxy) is 1. The van der Waals surface area contributed by atoms with Gasteiger partial charge in [0.15, 0.2) is 0 Å². The fourth-order valence-corrected chi connectivity index (χ4v) is 7.33. The lowest BCUT2D eigenvalue weighted by atomic mass is 9.91. The Labute approximate surface area is 288 Å². The minimum absolute atomic E-state index is 0.145. The van der Waals surface area contributed by atoms with Crippen molar-refractivity contribution in [1.29, 1.82) is 0 Å². The molecule has 1 amide bonds. The summed E-state index contributed by atoms with van der Waals surface area (Å²) in [5, 5.41) is 14.2. The first-order valence-corrected chi connectivity index (χ1v) is 17.2. The van der Waals surface area contributed by atoms with Crippen LogP contribution in [-0.2, 0) is 13.2 Å². The highest BCUT2D eigenvalue weighted by Crippen LogP contribution is 2.43. The summed E-state index contributed by atoms with van der Waals surface area (Å²) in [7, 11) is 0. The quantitative estimate of drug-likeness (QED) is 0.209. The van der Waals surface area contributed by atoms with Crippen LogP contribution in [0.4, 0.5) is 24.7 Å². The standard InChI is InChI=1S/C38H39F3N6O3/c39-38(40,41)23-46-14-12-45(13-15-46)21-24-4-9-32(43-20-24)33-19-30-28(10-11-42-36(30)44-33)27-2-1-3-34(31(27)22-48)47-16-17-50-35-18-26(25-5-6-25)7-8-29(35)37(47)49/h1-4,7-10,18-20,25,42,44,48H,5-6,11-17,21-23H2. The molecule has 50 heavy (non-hydrogen) atoms. The second-order valence-electron chi connectivity index (χ2n) is 13.5. The van der Waals surface area contributed by atoms with E-state index in [0.29, 0.717) is 80.9 Å². The van der Waals surface area contributed by atoms with Gasteiger partial charge >= 0.3 is 6.18 Å². The Morgan fingerprint density at radius 3 is 2.50 bits per heavy atom. The number of alkyl halides is 3. The van der Waals surface area contributed by atoms with E-state index in [9.17, 15) is 23.1 Å². The van der Waals surface area contributed by atoms with E-state index in [4.69, 9.17) is 9.72 Å². The maximum absolute atomic E-state index is 13.9.